The Hall–Kier alpha value is -3.64. The summed E-state index contributed by atoms with van der Waals surface area (Å²) in [6, 6.07) is 25.1. The quantitative estimate of drug-likeness (QED) is 0.0690. The predicted molar refractivity (Wildman–Crippen MR) is 156 cm³/mol. The van der Waals surface area contributed by atoms with Crippen LogP contribution >= 0.6 is 34.4 Å². The minimum atomic E-state index is -0.246. The van der Waals surface area contributed by atoms with Crippen molar-refractivity contribution in [2.24, 2.45) is 5.10 Å². The van der Waals surface area contributed by atoms with E-state index in [0.717, 1.165) is 22.8 Å². The Morgan fingerprint density at radius 3 is 2.62 bits per heavy atom. The molecule has 0 aliphatic heterocycles. The summed E-state index contributed by atoms with van der Waals surface area (Å²) in [5.41, 5.74) is 4.36. The number of hydrogen-bond donors (Lipinski definition) is 2. The third kappa shape index (κ3) is 8.19. The van der Waals surface area contributed by atoms with Crippen molar-refractivity contribution in [1.82, 2.24) is 20.2 Å². The Kier molecular flexibility index (Phi) is 9.72. The summed E-state index contributed by atoms with van der Waals surface area (Å²) < 4.78 is 8.94. The first-order valence-electron chi connectivity index (χ1n) is 11.4. The lowest BCUT2D eigenvalue weighted by Gasteiger charge is -2.09. The van der Waals surface area contributed by atoms with Crippen molar-refractivity contribution in [2.75, 3.05) is 11.1 Å². The topological polar surface area (TPSA) is 93.4 Å². The van der Waals surface area contributed by atoms with Gasteiger partial charge in [0, 0.05) is 15.8 Å². The van der Waals surface area contributed by atoms with Gasteiger partial charge in [0.05, 0.1) is 18.5 Å². The van der Waals surface area contributed by atoms with E-state index in [9.17, 15) is 4.79 Å². The SMILES string of the molecule is C=CCn1c(CNc2ccc(I)cc2)nnc1SCC(=O)N/N=C/c1cccc(Oc2ccccc2)c1. The summed E-state index contributed by atoms with van der Waals surface area (Å²) >= 11 is 3.57. The van der Waals surface area contributed by atoms with Gasteiger partial charge in [0.25, 0.3) is 5.91 Å². The van der Waals surface area contributed by atoms with Gasteiger partial charge in [-0.05, 0) is 76.7 Å². The molecule has 1 aromatic heterocycles. The van der Waals surface area contributed by atoms with Crippen LogP contribution in [0.5, 0.6) is 11.5 Å². The van der Waals surface area contributed by atoms with Crippen LogP contribution in [0.25, 0.3) is 0 Å². The maximum absolute atomic E-state index is 12.4. The molecule has 0 saturated carbocycles. The summed E-state index contributed by atoms with van der Waals surface area (Å²) in [7, 11) is 0. The molecule has 3 aromatic carbocycles. The third-order valence-electron chi connectivity index (χ3n) is 4.97. The number of benzene rings is 3. The van der Waals surface area contributed by atoms with E-state index in [4.69, 9.17) is 4.74 Å². The van der Waals surface area contributed by atoms with Crippen molar-refractivity contribution < 1.29 is 9.53 Å². The molecule has 0 fully saturated rings. The van der Waals surface area contributed by atoms with Crippen LogP contribution in [0, 0.1) is 3.57 Å². The van der Waals surface area contributed by atoms with Gasteiger partial charge in [-0.2, -0.15) is 5.10 Å². The first kappa shape index (κ1) is 26.4. The molecule has 0 radical (unpaired) electrons. The van der Waals surface area contributed by atoms with Gasteiger partial charge in [0.15, 0.2) is 11.0 Å². The molecule has 188 valence electrons. The number of nitrogens with zero attached hydrogens (tertiary/aromatic N) is 4. The first-order valence-corrected chi connectivity index (χ1v) is 13.5. The van der Waals surface area contributed by atoms with Crippen molar-refractivity contribution in [2.45, 2.75) is 18.2 Å². The molecule has 0 aliphatic carbocycles. The normalized spacial score (nSPS) is 10.8. The van der Waals surface area contributed by atoms with E-state index < -0.39 is 0 Å². The molecule has 0 unspecified atom stereocenters. The number of anilines is 1. The number of aromatic nitrogens is 3. The highest BCUT2D eigenvalue weighted by Crippen LogP contribution is 2.21. The Morgan fingerprint density at radius 2 is 1.84 bits per heavy atom. The average Bonchev–Trinajstić information content (AvgIpc) is 3.29. The van der Waals surface area contributed by atoms with E-state index in [-0.39, 0.29) is 11.7 Å². The van der Waals surface area contributed by atoms with Gasteiger partial charge in [-0.15, -0.1) is 16.8 Å². The summed E-state index contributed by atoms with van der Waals surface area (Å²) in [5, 5.41) is 16.6. The van der Waals surface area contributed by atoms with Gasteiger partial charge in [-0.1, -0.05) is 48.2 Å². The van der Waals surface area contributed by atoms with E-state index in [2.05, 4.69) is 55.2 Å². The van der Waals surface area contributed by atoms with Gasteiger partial charge in [0.2, 0.25) is 0 Å². The van der Waals surface area contributed by atoms with Crippen molar-refractivity contribution in [3.05, 3.63) is 106 Å². The number of allylic oxidation sites excluding steroid dienone is 1. The van der Waals surface area contributed by atoms with Crippen LogP contribution in [0.15, 0.2) is 102 Å². The summed E-state index contributed by atoms with van der Waals surface area (Å²) in [5.74, 6) is 2.10. The monoisotopic (exact) mass is 624 g/mol. The number of para-hydroxylation sites is 1. The van der Waals surface area contributed by atoms with E-state index >= 15 is 0 Å². The van der Waals surface area contributed by atoms with Crippen molar-refractivity contribution in [3.63, 3.8) is 0 Å². The Labute approximate surface area is 233 Å². The fourth-order valence-corrected chi connectivity index (χ4v) is 4.36. The summed E-state index contributed by atoms with van der Waals surface area (Å²) in [4.78, 5) is 12.4. The molecule has 37 heavy (non-hydrogen) atoms. The molecular formula is C27H25IN6O2S. The molecule has 2 N–H and O–H groups in total. The van der Waals surface area contributed by atoms with E-state index in [1.165, 1.54) is 15.3 Å². The van der Waals surface area contributed by atoms with Crippen LogP contribution < -0.4 is 15.5 Å². The van der Waals surface area contributed by atoms with Gasteiger partial charge >= 0.3 is 0 Å². The largest absolute Gasteiger partial charge is 0.457 e. The lowest BCUT2D eigenvalue weighted by molar-refractivity contribution is -0.118. The van der Waals surface area contributed by atoms with Gasteiger partial charge in [-0.25, -0.2) is 5.43 Å². The molecule has 0 saturated heterocycles. The number of halogens is 1. The molecule has 0 atom stereocenters. The van der Waals surface area contributed by atoms with Crippen LogP contribution in [0.4, 0.5) is 5.69 Å². The zero-order chi connectivity index (χ0) is 25.9. The van der Waals surface area contributed by atoms with E-state index in [1.54, 1.807) is 12.3 Å². The standard InChI is InChI=1S/C27H25IN6O2S/c1-2-15-34-25(18-29-22-13-11-21(28)12-14-22)31-33-27(34)37-19-26(35)32-30-17-20-7-6-10-24(16-20)36-23-8-4-3-5-9-23/h2-14,16-17,29H,1,15,18-19H2,(H,32,35)/b30-17+. The molecule has 0 spiro atoms. The van der Waals surface area contributed by atoms with E-state index in [1.807, 2.05) is 83.4 Å². The molecule has 0 aliphatic rings. The fourth-order valence-electron chi connectivity index (χ4n) is 3.24. The lowest BCUT2D eigenvalue weighted by atomic mass is 10.2. The number of hydrogen-bond acceptors (Lipinski definition) is 7. The highest BCUT2D eigenvalue weighted by molar-refractivity contribution is 14.1. The maximum atomic E-state index is 12.4. The van der Waals surface area contributed by atoms with Crippen LogP contribution in [-0.4, -0.2) is 32.6 Å². The Bertz CT molecular complexity index is 1360. The molecule has 1 amide bonds. The number of rotatable bonds is 12. The molecule has 8 nitrogen and oxygen atoms in total. The summed E-state index contributed by atoms with van der Waals surface area (Å²) in [6.45, 7) is 4.87. The molecule has 1 heterocycles. The number of amides is 1. The number of thioether (sulfide) groups is 1. The Balaban J connectivity index is 1.28. The Morgan fingerprint density at radius 1 is 1.05 bits per heavy atom. The highest BCUT2D eigenvalue weighted by atomic mass is 127. The van der Waals surface area contributed by atoms with Crippen molar-refractivity contribution in [1.29, 1.82) is 0 Å². The van der Waals surface area contributed by atoms with Crippen molar-refractivity contribution >= 4 is 52.2 Å². The third-order valence-corrected chi connectivity index (χ3v) is 6.66. The number of carbonyl (C=O) groups excluding carboxylic acids is 1. The summed E-state index contributed by atoms with van der Waals surface area (Å²) in [6.07, 6.45) is 3.36. The maximum Gasteiger partial charge on any atom is 0.250 e. The van der Waals surface area contributed by atoms with Crippen LogP contribution in [0.3, 0.4) is 0 Å². The first-order chi connectivity index (χ1) is 18.1. The lowest BCUT2D eigenvalue weighted by Crippen LogP contribution is -2.20. The zero-order valence-electron chi connectivity index (χ0n) is 19.9. The highest BCUT2D eigenvalue weighted by Gasteiger charge is 2.13. The molecule has 4 aromatic rings. The second-order valence-corrected chi connectivity index (χ2v) is 9.92. The minimum Gasteiger partial charge on any atom is -0.457 e. The smallest absolute Gasteiger partial charge is 0.250 e. The second kappa shape index (κ2) is 13.6. The van der Waals surface area contributed by atoms with Gasteiger partial charge in [-0.3, -0.25) is 4.79 Å². The van der Waals surface area contributed by atoms with Gasteiger partial charge < -0.3 is 14.6 Å². The molecular weight excluding hydrogens is 599 g/mol. The second-order valence-electron chi connectivity index (χ2n) is 7.73. The number of hydrazone groups is 1. The number of nitrogens with one attached hydrogen (secondary N) is 2. The predicted octanol–water partition coefficient (Wildman–Crippen LogP) is 5.72. The van der Waals surface area contributed by atoms with E-state index in [0.29, 0.717) is 24.0 Å². The van der Waals surface area contributed by atoms with Crippen LogP contribution in [0.1, 0.15) is 11.4 Å². The molecule has 4 rings (SSSR count). The zero-order valence-corrected chi connectivity index (χ0v) is 22.9. The number of ether oxygens (including phenoxy) is 1. The molecule has 0 bridgehead atoms. The van der Waals surface area contributed by atoms with Gasteiger partial charge in [0.1, 0.15) is 11.5 Å². The van der Waals surface area contributed by atoms with Crippen LogP contribution in [-0.2, 0) is 17.9 Å². The number of carbonyl (C=O) groups is 1. The van der Waals surface area contributed by atoms with Crippen LogP contribution in [0.2, 0.25) is 0 Å². The minimum absolute atomic E-state index is 0.147. The average molecular weight is 625 g/mol. The van der Waals surface area contributed by atoms with Crippen molar-refractivity contribution in [3.8, 4) is 11.5 Å². The fraction of sp³-hybridized carbons (Fsp3) is 0.111. The molecule has 10 heteroatoms.